The summed E-state index contributed by atoms with van der Waals surface area (Å²) in [6.45, 7) is 10.2. The minimum absolute atomic E-state index is 0.181. The van der Waals surface area contributed by atoms with Crippen LogP contribution >= 0.6 is 0 Å². The Labute approximate surface area is 254 Å². The second kappa shape index (κ2) is 15.2. The van der Waals surface area contributed by atoms with E-state index in [0.29, 0.717) is 49.6 Å². The Balaban J connectivity index is 0.000000996. The second-order valence-electron chi connectivity index (χ2n) is 10.7. The average Bonchev–Trinajstić information content (AvgIpc) is 3.39. The van der Waals surface area contributed by atoms with Crippen LogP contribution in [0.2, 0.25) is 0 Å². The molecule has 5 rings (SSSR count). The van der Waals surface area contributed by atoms with Crippen LogP contribution in [0, 0.1) is 0 Å². The van der Waals surface area contributed by atoms with E-state index in [1.165, 1.54) is 10.9 Å². The summed E-state index contributed by atoms with van der Waals surface area (Å²) in [7, 11) is 3.61. The SMILES string of the molecule is CCOCCN(c1ccnc(NC(=O)c2ccc(N3CC(C)NC(C)C3)cc2)c1)c1ccc2c(ccn2C)c1.CNC=O. The van der Waals surface area contributed by atoms with Crippen LogP contribution in [-0.2, 0) is 16.6 Å². The van der Waals surface area contributed by atoms with Gasteiger partial charge in [0.1, 0.15) is 5.82 Å². The fourth-order valence-electron chi connectivity index (χ4n) is 5.35. The largest absolute Gasteiger partial charge is 0.380 e. The predicted molar refractivity (Wildman–Crippen MR) is 174 cm³/mol. The number of fused-ring (bicyclic) bond motifs is 1. The second-order valence-corrected chi connectivity index (χ2v) is 10.7. The van der Waals surface area contributed by atoms with Gasteiger partial charge in [-0.2, -0.15) is 0 Å². The molecule has 0 spiro atoms. The van der Waals surface area contributed by atoms with E-state index < -0.39 is 0 Å². The molecule has 10 nitrogen and oxygen atoms in total. The Morgan fingerprint density at radius 3 is 2.44 bits per heavy atom. The molecule has 43 heavy (non-hydrogen) atoms. The van der Waals surface area contributed by atoms with E-state index in [9.17, 15) is 4.79 Å². The molecule has 2 amide bonds. The number of piperazine rings is 1. The fraction of sp³-hybridized carbons (Fsp3) is 0.364. The zero-order valence-corrected chi connectivity index (χ0v) is 25.7. The molecule has 3 N–H and O–H groups in total. The molecule has 0 bridgehead atoms. The zero-order valence-electron chi connectivity index (χ0n) is 25.7. The first kappa shape index (κ1) is 31.5. The van der Waals surface area contributed by atoms with E-state index in [4.69, 9.17) is 9.53 Å². The highest BCUT2D eigenvalue weighted by Gasteiger charge is 2.21. The van der Waals surface area contributed by atoms with Gasteiger partial charge in [-0.05, 0) is 75.4 Å². The summed E-state index contributed by atoms with van der Waals surface area (Å²) in [4.78, 5) is 31.2. The maximum Gasteiger partial charge on any atom is 0.256 e. The number of benzene rings is 2. The van der Waals surface area contributed by atoms with Gasteiger partial charge in [-0.3, -0.25) is 9.59 Å². The highest BCUT2D eigenvalue weighted by Crippen LogP contribution is 2.30. The summed E-state index contributed by atoms with van der Waals surface area (Å²) in [5.41, 5.74) is 4.91. The van der Waals surface area contributed by atoms with E-state index in [1.807, 2.05) is 50.4 Å². The van der Waals surface area contributed by atoms with Crippen LogP contribution in [0.4, 0.5) is 22.9 Å². The van der Waals surface area contributed by atoms with Gasteiger partial charge in [-0.25, -0.2) is 4.98 Å². The molecule has 3 heterocycles. The molecule has 1 aliphatic heterocycles. The molecule has 2 aromatic heterocycles. The normalized spacial score (nSPS) is 16.3. The third-order valence-corrected chi connectivity index (χ3v) is 7.31. The van der Waals surface area contributed by atoms with Crippen molar-refractivity contribution in [3.05, 3.63) is 78.6 Å². The standard InChI is InChI=1S/C31H38N6O2.C2H5NO/c1-5-39-17-16-37(27-10-11-29-25(18-27)13-15-35(29)4)28-12-14-32-30(19-28)34-31(38)24-6-8-26(9-7-24)36-20-22(2)33-23(3)21-36;1-3-2-4/h6-15,18-19,22-23,33H,5,16-17,20-21H2,1-4H3,(H,32,34,38);2H,1H3,(H,3,4). The van der Waals surface area contributed by atoms with E-state index in [2.05, 4.69) is 79.6 Å². The molecule has 2 atom stereocenters. The molecule has 4 aromatic rings. The van der Waals surface area contributed by atoms with Crippen LogP contribution in [0.15, 0.2) is 73.1 Å². The van der Waals surface area contributed by atoms with Crippen molar-refractivity contribution in [2.45, 2.75) is 32.9 Å². The fourth-order valence-corrected chi connectivity index (χ4v) is 5.35. The van der Waals surface area contributed by atoms with Gasteiger partial charge in [0, 0.05) is 104 Å². The number of rotatable bonds is 10. The van der Waals surface area contributed by atoms with Gasteiger partial charge < -0.3 is 35.1 Å². The summed E-state index contributed by atoms with van der Waals surface area (Å²) < 4.78 is 7.79. The topological polar surface area (TPSA) is 104 Å². The Kier molecular flexibility index (Phi) is 11.1. The third-order valence-electron chi connectivity index (χ3n) is 7.31. The molecule has 228 valence electrons. The lowest BCUT2D eigenvalue weighted by molar-refractivity contribution is -0.109. The van der Waals surface area contributed by atoms with Gasteiger partial charge in [0.05, 0.1) is 6.61 Å². The number of nitrogens with zero attached hydrogens (tertiary/aromatic N) is 4. The Bertz CT molecular complexity index is 1480. The lowest BCUT2D eigenvalue weighted by Gasteiger charge is -2.37. The molecule has 2 aromatic carbocycles. The molecule has 1 aliphatic rings. The summed E-state index contributed by atoms with van der Waals surface area (Å²) in [5, 5.41) is 9.96. The molecule has 0 aliphatic carbocycles. The predicted octanol–water partition coefficient (Wildman–Crippen LogP) is 4.55. The van der Waals surface area contributed by atoms with Crippen molar-refractivity contribution in [3.8, 4) is 0 Å². The maximum absolute atomic E-state index is 13.1. The molecular formula is C33H43N7O3. The van der Waals surface area contributed by atoms with Gasteiger partial charge in [-0.15, -0.1) is 0 Å². The average molecular weight is 586 g/mol. The molecule has 1 saturated heterocycles. The van der Waals surface area contributed by atoms with Crippen molar-refractivity contribution in [1.82, 2.24) is 20.2 Å². The van der Waals surface area contributed by atoms with Crippen LogP contribution in [0.3, 0.4) is 0 Å². The minimum Gasteiger partial charge on any atom is -0.380 e. The number of pyridine rings is 1. The molecule has 0 saturated carbocycles. The third kappa shape index (κ3) is 8.33. The molecule has 2 unspecified atom stereocenters. The lowest BCUT2D eigenvalue weighted by Crippen LogP contribution is -2.54. The van der Waals surface area contributed by atoms with E-state index in [0.717, 1.165) is 30.2 Å². The Hall–Kier alpha value is -4.41. The van der Waals surface area contributed by atoms with Crippen molar-refractivity contribution in [1.29, 1.82) is 0 Å². The lowest BCUT2D eigenvalue weighted by atomic mass is 10.1. The first-order chi connectivity index (χ1) is 20.8. The van der Waals surface area contributed by atoms with Gasteiger partial charge in [0.2, 0.25) is 6.41 Å². The van der Waals surface area contributed by atoms with Crippen LogP contribution < -0.4 is 25.8 Å². The molecule has 0 radical (unpaired) electrons. The number of nitrogens with one attached hydrogen (secondary N) is 3. The monoisotopic (exact) mass is 585 g/mol. The number of hydrogen-bond donors (Lipinski definition) is 3. The number of carbonyl (C=O) groups is 2. The van der Waals surface area contributed by atoms with Gasteiger partial charge in [0.15, 0.2) is 0 Å². The van der Waals surface area contributed by atoms with Crippen LogP contribution in [0.5, 0.6) is 0 Å². The van der Waals surface area contributed by atoms with E-state index >= 15 is 0 Å². The smallest absolute Gasteiger partial charge is 0.256 e. The molecular weight excluding hydrogens is 542 g/mol. The number of carbonyl (C=O) groups excluding carboxylic acids is 2. The van der Waals surface area contributed by atoms with Gasteiger partial charge in [-0.1, -0.05) is 0 Å². The van der Waals surface area contributed by atoms with E-state index in [1.54, 1.807) is 13.2 Å². The first-order valence-electron chi connectivity index (χ1n) is 14.7. The van der Waals surface area contributed by atoms with Crippen molar-refractivity contribution < 1.29 is 14.3 Å². The van der Waals surface area contributed by atoms with Crippen molar-refractivity contribution in [2.75, 3.05) is 55.0 Å². The zero-order chi connectivity index (χ0) is 30.8. The number of anilines is 4. The van der Waals surface area contributed by atoms with Crippen LogP contribution in [0.1, 0.15) is 31.1 Å². The maximum atomic E-state index is 13.1. The summed E-state index contributed by atoms with van der Waals surface area (Å²) in [6.07, 6.45) is 4.42. The minimum atomic E-state index is -0.181. The Morgan fingerprint density at radius 1 is 1.07 bits per heavy atom. The number of amides is 2. The van der Waals surface area contributed by atoms with Crippen LogP contribution in [-0.4, -0.2) is 73.8 Å². The van der Waals surface area contributed by atoms with Crippen molar-refractivity contribution >= 4 is 46.1 Å². The number of hydrogen-bond acceptors (Lipinski definition) is 7. The molecule has 10 heteroatoms. The highest BCUT2D eigenvalue weighted by atomic mass is 16.5. The number of aromatic nitrogens is 2. The summed E-state index contributed by atoms with van der Waals surface area (Å²) in [5.74, 6) is 0.327. The first-order valence-corrected chi connectivity index (χ1v) is 14.7. The van der Waals surface area contributed by atoms with Crippen molar-refractivity contribution in [3.63, 3.8) is 0 Å². The van der Waals surface area contributed by atoms with E-state index in [-0.39, 0.29) is 5.91 Å². The summed E-state index contributed by atoms with van der Waals surface area (Å²) in [6, 6.07) is 21.1. The molecule has 1 fully saturated rings. The highest BCUT2D eigenvalue weighted by molar-refractivity contribution is 6.04. The van der Waals surface area contributed by atoms with Gasteiger partial charge in [0.25, 0.3) is 5.91 Å². The number of ether oxygens (including phenoxy) is 1. The Morgan fingerprint density at radius 2 is 1.77 bits per heavy atom. The summed E-state index contributed by atoms with van der Waals surface area (Å²) >= 11 is 0. The number of aryl methyl sites for hydroxylation is 1. The van der Waals surface area contributed by atoms with Crippen molar-refractivity contribution in [2.24, 2.45) is 7.05 Å². The quantitative estimate of drug-likeness (QED) is 0.185. The van der Waals surface area contributed by atoms with Crippen LogP contribution in [0.25, 0.3) is 10.9 Å². The van der Waals surface area contributed by atoms with Gasteiger partial charge >= 0.3 is 0 Å².